The molecule has 0 bridgehead atoms. The molecular formula is C9H17N2O2. The minimum Gasteiger partial charge on any atom is -0.338 e. The van der Waals surface area contributed by atoms with E-state index < -0.39 is 0 Å². The smallest absolute Gasteiger partial charge is 0.324 e. The minimum atomic E-state index is -0.342. The Labute approximate surface area is 79.3 Å². The normalized spacial score (nSPS) is 9.38. The quantitative estimate of drug-likeness (QED) is 0.500. The first-order valence-corrected chi connectivity index (χ1v) is 4.69. The lowest BCUT2D eigenvalue weighted by molar-refractivity contribution is 0.219. The second-order valence-corrected chi connectivity index (χ2v) is 2.83. The first kappa shape index (κ1) is 11.9. The first-order valence-electron chi connectivity index (χ1n) is 4.69. The molecule has 0 aromatic heterocycles. The highest BCUT2D eigenvalue weighted by Crippen LogP contribution is 1.89. The predicted molar refractivity (Wildman–Crippen MR) is 51.0 cm³/mol. The Bertz CT molecular complexity index is 160. The molecule has 0 spiro atoms. The average molecular weight is 185 g/mol. The lowest BCUT2D eigenvalue weighted by Gasteiger charge is -2.13. The zero-order valence-electron chi connectivity index (χ0n) is 8.30. The second kappa shape index (κ2) is 7.58. The standard InChI is InChI=1S/C9H17N2O2/c1-3-5-6-10-9(13)11(8-12)7-4-2/h3-7H2,1-2H3,(H,10,13). The van der Waals surface area contributed by atoms with Gasteiger partial charge in [0.2, 0.25) is 0 Å². The Morgan fingerprint density at radius 1 is 1.38 bits per heavy atom. The molecule has 0 aromatic rings. The van der Waals surface area contributed by atoms with Crippen LogP contribution in [0, 0.1) is 0 Å². The SMILES string of the molecule is CCCCNC(=O)N([C]=O)CCC. The molecule has 0 rings (SSSR count). The number of rotatable bonds is 6. The summed E-state index contributed by atoms with van der Waals surface area (Å²) in [5.41, 5.74) is 0. The van der Waals surface area contributed by atoms with E-state index in [4.69, 9.17) is 0 Å². The zero-order valence-corrected chi connectivity index (χ0v) is 8.30. The number of unbranched alkanes of at least 4 members (excludes halogenated alkanes) is 1. The van der Waals surface area contributed by atoms with E-state index in [9.17, 15) is 9.59 Å². The molecule has 0 saturated carbocycles. The molecule has 0 aliphatic rings. The van der Waals surface area contributed by atoms with E-state index in [1.165, 1.54) is 0 Å². The fraction of sp³-hybridized carbons (Fsp3) is 0.778. The van der Waals surface area contributed by atoms with Crippen molar-refractivity contribution in [2.75, 3.05) is 13.1 Å². The van der Waals surface area contributed by atoms with Crippen LogP contribution in [0.15, 0.2) is 0 Å². The Balaban J connectivity index is 3.70. The van der Waals surface area contributed by atoms with Crippen molar-refractivity contribution in [3.05, 3.63) is 0 Å². The van der Waals surface area contributed by atoms with Gasteiger partial charge in [-0.3, -0.25) is 9.69 Å². The highest BCUT2D eigenvalue weighted by atomic mass is 16.2. The van der Waals surface area contributed by atoms with E-state index in [1.807, 2.05) is 13.8 Å². The zero-order chi connectivity index (χ0) is 10.1. The summed E-state index contributed by atoms with van der Waals surface area (Å²) in [4.78, 5) is 22.5. The largest absolute Gasteiger partial charge is 0.338 e. The molecule has 0 unspecified atom stereocenters. The highest BCUT2D eigenvalue weighted by Gasteiger charge is 2.10. The summed E-state index contributed by atoms with van der Waals surface area (Å²) in [6.45, 7) is 5.00. The fourth-order valence-corrected chi connectivity index (χ4v) is 0.880. The first-order chi connectivity index (χ1) is 6.26. The molecule has 0 saturated heterocycles. The molecule has 1 radical (unpaired) electrons. The molecule has 0 fully saturated rings. The highest BCUT2D eigenvalue weighted by molar-refractivity contribution is 5.84. The van der Waals surface area contributed by atoms with E-state index in [-0.39, 0.29) is 6.03 Å². The van der Waals surface area contributed by atoms with E-state index >= 15 is 0 Å². The van der Waals surface area contributed by atoms with E-state index in [1.54, 1.807) is 6.41 Å². The number of imide groups is 1. The number of nitrogens with one attached hydrogen (secondary N) is 1. The van der Waals surface area contributed by atoms with E-state index in [0.29, 0.717) is 13.1 Å². The van der Waals surface area contributed by atoms with Crippen LogP contribution in [0.3, 0.4) is 0 Å². The molecule has 4 nitrogen and oxygen atoms in total. The number of nitrogens with zero attached hydrogens (tertiary/aromatic N) is 1. The third-order valence-electron chi connectivity index (χ3n) is 1.61. The lowest BCUT2D eigenvalue weighted by atomic mass is 10.3. The number of carbonyl (C=O) groups excluding carboxylic acids is 2. The summed E-state index contributed by atoms with van der Waals surface area (Å²) in [5, 5.41) is 2.64. The van der Waals surface area contributed by atoms with Crippen molar-refractivity contribution in [3.8, 4) is 0 Å². The molecule has 0 heterocycles. The van der Waals surface area contributed by atoms with Crippen LogP contribution in [0.5, 0.6) is 0 Å². The molecule has 1 N–H and O–H groups in total. The van der Waals surface area contributed by atoms with E-state index in [2.05, 4.69) is 5.32 Å². The molecule has 0 atom stereocenters. The third kappa shape index (κ3) is 5.22. The van der Waals surface area contributed by atoms with Crippen LogP contribution in [0.4, 0.5) is 4.79 Å². The number of hydrogen-bond donors (Lipinski definition) is 1. The Morgan fingerprint density at radius 2 is 2.08 bits per heavy atom. The van der Waals surface area contributed by atoms with Gasteiger partial charge in [0.1, 0.15) is 0 Å². The van der Waals surface area contributed by atoms with Gasteiger partial charge in [0.15, 0.2) is 0 Å². The van der Waals surface area contributed by atoms with Crippen molar-refractivity contribution in [2.24, 2.45) is 0 Å². The van der Waals surface area contributed by atoms with Gasteiger partial charge in [0.05, 0.1) is 0 Å². The van der Waals surface area contributed by atoms with Gasteiger partial charge in [-0.25, -0.2) is 4.79 Å². The Hall–Kier alpha value is -1.06. The summed E-state index contributed by atoms with van der Waals surface area (Å²) in [7, 11) is 0. The van der Waals surface area contributed by atoms with Gasteiger partial charge >= 0.3 is 12.4 Å². The maximum atomic E-state index is 11.2. The van der Waals surface area contributed by atoms with Gasteiger partial charge in [0, 0.05) is 13.1 Å². The fourth-order valence-electron chi connectivity index (χ4n) is 0.880. The van der Waals surface area contributed by atoms with Crippen molar-refractivity contribution in [2.45, 2.75) is 33.1 Å². The molecule has 75 valence electrons. The molecule has 0 aliphatic carbocycles. The van der Waals surface area contributed by atoms with Gasteiger partial charge in [-0.1, -0.05) is 20.3 Å². The van der Waals surface area contributed by atoms with Gasteiger partial charge in [-0.15, -0.1) is 0 Å². The van der Waals surface area contributed by atoms with Gasteiger partial charge < -0.3 is 5.32 Å². The molecule has 3 amide bonds. The van der Waals surface area contributed by atoms with Crippen molar-refractivity contribution in [1.29, 1.82) is 0 Å². The molecule has 0 aromatic carbocycles. The van der Waals surface area contributed by atoms with Crippen molar-refractivity contribution < 1.29 is 9.59 Å². The summed E-state index contributed by atoms with van der Waals surface area (Å²) >= 11 is 0. The number of hydrogen-bond acceptors (Lipinski definition) is 2. The molecular weight excluding hydrogens is 168 g/mol. The third-order valence-corrected chi connectivity index (χ3v) is 1.61. The van der Waals surface area contributed by atoms with Crippen molar-refractivity contribution in [3.63, 3.8) is 0 Å². The van der Waals surface area contributed by atoms with Gasteiger partial charge in [-0.05, 0) is 12.8 Å². The monoisotopic (exact) mass is 185 g/mol. The van der Waals surface area contributed by atoms with Crippen molar-refractivity contribution in [1.82, 2.24) is 10.2 Å². The molecule has 13 heavy (non-hydrogen) atoms. The Kier molecular flexibility index (Phi) is 6.96. The summed E-state index contributed by atoms with van der Waals surface area (Å²) in [6.07, 6.45) is 4.32. The number of carbonyl (C=O) groups is 1. The van der Waals surface area contributed by atoms with Crippen LogP contribution in [-0.4, -0.2) is 30.4 Å². The maximum Gasteiger partial charge on any atom is 0.324 e. The van der Waals surface area contributed by atoms with Crippen LogP contribution in [-0.2, 0) is 4.79 Å². The van der Waals surface area contributed by atoms with Gasteiger partial charge in [0.25, 0.3) is 0 Å². The second-order valence-electron chi connectivity index (χ2n) is 2.83. The van der Waals surface area contributed by atoms with Crippen LogP contribution < -0.4 is 5.32 Å². The minimum absolute atomic E-state index is 0.342. The summed E-state index contributed by atoms with van der Waals surface area (Å²) < 4.78 is 0. The van der Waals surface area contributed by atoms with Crippen LogP contribution >= 0.6 is 0 Å². The average Bonchev–Trinajstić information content (AvgIpc) is 2.14. The van der Waals surface area contributed by atoms with E-state index in [0.717, 1.165) is 24.2 Å². The summed E-state index contributed by atoms with van der Waals surface area (Å²) in [6, 6.07) is -0.342. The molecule has 4 heteroatoms. The van der Waals surface area contributed by atoms with Crippen LogP contribution in [0.25, 0.3) is 0 Å². The van der Waals surface area contributed by atoms with Crippen LogP contribution in [0.2, 0.25) is 0 Å². The summed E-state index contributed by atoms with van der Waals surface area (Å²) in [5.74, 6) is 0. The Morgan fingerprint density at radius 3 is 2.54 bits per heavy atom. The lowest BCUT2D eigenvalue weighted by Crippen LogP contribution is -2.39. The number of amides is 3. The predicted octanol–water partition coefficient (Wildman–Crippen LogP) is 1.28. The topological polar surface area (TPSA) is 49.4 Å². The number of urea groups is 1. The maximum absolute atomic E-state index is 11.2. The van der Waals surface area contributed by atoms with Gasteiger partial charge in [-0.2, -0.15) is 0 Å². The molecule has 0 aliphatic heterocycles. The van der Waals surface area contributed by atoms with Crippen molar-refractivity contribution >= 4 is 12.4 Å². The van der Waals surface area contributed by atoms with Crippen LogP contribution in [0.1, 0.15) is 33.1 Å².